The first kappa shape index (κ1) is 23.5. The third-order valence-corrected chi connectivity index (χ3v) is 8.43. The van der Waals surface area contributed by atoms with E-state index >= 15 is 0 Å². The molecule has 2 atom stereocenters. The molecule has 0 saturated carbocycles. The molecule has 0 bridgehead atoms. The molecule has 1 N–H and O–H groups in total. The van der Waals surface area contributed by atoms with Gasteiger partial charge in [0.2, 0.25) is 0 Å². The number of hydrogen-bond donors (Lipinski definition) is 1. The maximum absolute atomic E-state index is 13.3. The average Bonchev–Trinajstić information content (AvgIpc) is 3.43. The van der Waals surface area contributed by atoms with Crippen molar-refractivity contribution in [3.63, 3.8) is 0 Å². The minimum atomic E-state index is 0.0608. The van der Waals surface area contributed by atoms with Crippen molar-refractivity contribution in [2.24, 2.45) is 0 Å². The molecule has 2 aromatic carbocycles. The molecule has 5 rings (SSSR count). The summed E-state index contributed by atoms with van der Waals surface area (Å²) in [5.74, 6) is 1.75. The molecule has 1 amide bonds. The molecule has 0 spiro atoms. The second-order valence-electron chi connectivity index (χ2n) is 9.22. The maximum Gasteiger partial charge on any atom is 0.275 e. The predicted octanol–water partition coefficient (Wildman–Crippen LogP) is 4.83. The summed E-state index contributed by atoms with van der Waals surface area (Å²) in [4.78, 5) is 16.9. The molecule has 0 radical (unpaired) electrons. The molecular formula is C26H31ClN3O3S+. The minimum absolute atomic E-state index is 0.0608. The fraction of sp³-hybridized carbons (Fsp3) is 0.423. The van der Waals surface area contributed by atoms with E-state index in [0.29, 0.717) is 35.8 Å². The molecule has 3 aliphatic rings. The number of hydrogen-bond acceptors (Lipinski definition) is 5. The lowest BCUT2D eigenvalue weighted by Gasteiger charge is -2.38. The Hall–Kier alpha value is -2.19. The van der Waals surface area contributed by atoms with Gasteiger partial charge in [0, 0.05) is 39.9 Å². The summed E-state index contributed by atoms with van der Waals surface area (Å²) in [7, 11) is 1.72. The van der Waals surface area contributed by atoms with Crippen LogP contribution in [0.1, 0.15) is 30.9 Å². The van der Waals surface area contributed by atoms with E-state index in [4.69, 9.17) is 21.1 Å². The molecule has 0 aromatic heterocycles. The SMILES string of the molecule is COc1cccc2c1CN(c1ccc(Cl)cc1)C[N+]1(CC(=O)NCC3CCCO3)CSC(C)=C21. The molecule has 2 unspecified atom stereocenters. The zero-order valence-electron chi connectivity index (χ0n) is 19.7. The number of carbonyl (C=O) groups excluding carboxylic acids is 1. The first-order valence-electron chi connectivity index (χ1n) is 11.7. The van der Waals surface area contributed by atoms with Crippen LogP contribution in [0, 0.1) is 0 Å². The van der Waals surface area contributed by atoms with Gasteiger partial charge in [0.15, 0.2) is 18.9 Å². The van der Waals surface area contributed by atoms with Crippen LogP contribution in [0.3, 0.4) is 0 Å². The molecule has 2 aromatic rings. The lowest BCUT2D eigenvalue weighted by Crippen LogP contribution is -2.55. The Kier molecular flexibility index (Phi) is 6.80. The number of methoxy groups -OCH3 is 1. The Labute approximate surface area is 210 Å². The van der Waals surface area contributed by atoms with Gasteiger partial charge in [-0.15, -0.1) is 0 Å². The standard InChI is InChI=1S/C26H30ClN3O3S/c1-18-26-22-6-3-7-24(32-2)23(22)14-29(20-10-8-19(27)9-11-20)16-30(26,17-34-18)15-25(31)28-13-21-5-4-12-33-21/h3,6-11,21H,4-5,12-17H2,1-2H3/p+1. The van der Waals surface area contributed by atoms with E-state index in [1.165, 1.54) is 16.2 Å². The van der Waals surface area contributed by atoms with E-state index in [9.17, 15) is 4.79 Å². The Morgan fingerprint density at radius 2 is 2.12 bits per heavy atom. The van der Waals surface area contributed by atoms with E-state index in [2.05, 4.69) is 35.3 Å². The zero-order valence-corrected chi connectivity index (χ0v) is 21.3. The van der Waals surface area contributed by atoms with Gasteiger partial charge >= 0.3 is 0 Å². The Morgan fingerprint density at radius 1 is 1.29 bits per heavy atom. The monoisotopic (exact) mass is 500 g/mol. The third kappa shape index (κ3) is 4.54. The van der Waals surface area contributed by atoms with Crippen LogP contribution in [0.25, 0.3) is 5.70 Å². The van der Waals surface area contributed by atoms with Crippen LogP contribution in [0.5, 0.6) is 5.75 Å². The van der Waals surface area contributed by atoms with Crippen molar-refractivity contribution in [1.82, 2.24) is 5.32 Å². The Morgan fingerprint density at radius 3 is 2.85 bits per heavy atom. The number of amides is 1. The van der Waals surface area contributed by atoms with Gasteiger partial charge in [0.1, 0.15) is 11.6 Å². The zero-order chi connectivity index (χ0) is 23.7. The van der Waals surface area contributed by atoms with Crippen LogP contribution < -0.4 is 15.0 Å². The van der Waals surface area contributed by atoms with Crippen LogP contribution in [-0.2, 0) is 16.1 Å². The van der Waals surface area contributed by atoms with Gasteiger partial charge in [-0.05, 0) is 56.2 Å². The highest BCUT2D eigenvalue weighted by Gasteiger charge is 2.47. The second-order valence-corrected chi connectivity index (χ2v) is 10.8. The molecule has 1 saturated heterocycles. The maximum atomic E-state index is 13.3. The first-order chi connectivity index (χ1) is 16.5. The minimum Gasteiger partial charge on any atom is -0.496 e. The van der Waals surface area contributed by atoms with Gasteiger partial charge in [-0.3, -0.25) is 9.28 Å². The van der Waals surface area contributed by atoms with Gasteiger partial charge in [-0.25, -0.2) is 0 Å². The molecule has 0 aliphatic carbocycles. The molecule has 3 heterocycles. The highest BCUT2D eigenvalue weighted by atomic mass is 35.5. The van der Waals surface area contributed by atoms with Crippen LogP contribution >= 0.6 is 23.4 Å². The first-order valence-corrected chi connectivity index (χ1v) is 13.1. The van der Waals surface area contributed by atoms with E-state index in [1.807, 2.05) is 36.0 Å². The fourth-order valence-electron chi connectivity index (χ4n) is 5.32. The third-order valence-electron chi connectivity index (χ3n) is 6.92. The van der Waals surface area contributed by atoms with Crippen molar-refractivity contribution >= 4 is 40.7 Å². The number of quaternary nitrogens is 1. The number of thioether (sulfide) groups is 1. The second kappa shape index (κ2) is 9.82. The van der Waals surface area contributed by atoms with Crippen LogP contribution in [-0.4, -0.2) is 55.8 Å². The smallest absolute Gasteiger partial charge is 0.275 e. The topological polar surface area (TPSA) is 50.8 Å². The summed E-state index contributed by atoms with van der Waals surface area (Å²) in [5, 5.41) is 3.86. The summed E-state index contributed by atoms with van der Waals surface area (Å²) < 4.78 is 12.1. The predicted molar refractivity (Wildman–Crippen MR) is 138 cm³/mol. The number of halogens is 1. The molecule has 1 fully saturated rings. The normalized spacial score (nSPS) is 24.0. The van der Waals surface area contributed by atoms with Gasteiger partial charge in [0.25, 0.3) is 5.91 Å². The Balaban J connectivity index is 1.53. The number of carbonyl (C=O) groups is 1. The lowest BCUT2D eigenvalue weighted by molar-refractivity contribution is -0.835. The van der Waals surface area contributed by atoms with Gasteiger partial charge in [-0.1, -0.05) is 29.4 Å². The molecule has 3 aliphatic heterocycles. The van der Waals surface area contributed by atoms with E-state index in [0.717, 1.165) is 42.3 Å². The highest BCUT2D eigenvalue weighted by Crippen LogP contribution is 2.48. The van der Waals surface area contributed by atoms with Crippen molar-refractivity contribution in [3.05, 3.63) is 63.5 Å². The lowest BCUT2D eigenvalue weighted by atomic mass is 10.0. The van der Waals surface area contributed by atoms with Crippen molar-refractivity contribution in [2.45, 2.75) is 32.4 Å². The summed E-state index contributed by atoms with van der Waals surface area (Å²) in [6.45, 7) is 5.30. The van der Waals surface area contributed by atoms with E-state index in [1.54, 1.807) is 7.11 Å². The summed E-state index contributed by atoms with van der Waals surface area (Å²) in [6, 6.07) is 14.2. The number of nitrogens with zero attached hydrogens (tertiary/aromatic N) is 2. The van der Waals surface area contributed by atoms with Crippen LogP contribution in [0.15, 0.2) is 47.4 Å². The van der Waals surface area contributed by atoms with Gasteiger partial charge < -0.3 is 19.7 Å². The average molecular weight is 501 g/mol. The van der Waals surface area contributed by atoms with Gasteiger partial charge in [0.05, 0.1) is 19.8 Å². The fourth-order valence-corrected chi connectivity index (χ4v) is 6.63. The van der Waals surface area contributed by atoms with Crippen molar-refractivity contribution in [1.29, 1.82) is 0 Å². The summed E-state index contributed by atoms with van der Waals surface area (Å²) in [6.07, 6.45) is 2.21. The molecule has 34 heavy (non-hydrogen) atoms. The number of rotatable bonds is 6. The van der Waals surface area contributed by atoms with E-state index in [-0.39, 0.29) is 12.0 Å². The number of nitrogens with one attached hydrogen (secondary N) is 1. The highest BCUT2D eigenvalue weighted by molar-refractivity contribution is 8.03. The van der Waals surface area contributed by atoms with Crippen LogP contribution in [0.4, 0.5) is 5.69 Å². The number of fused-ring (bicyclic) bond motifs is 3. The molecule has 6 nitrogen and oxygen atoms in total. The molecule has 8 heteroatoms. The van der Waals surface area contributed by atoms with Crippen molar-refractivity contribution in [3.8, 4) is 5.75 Å². The number of ether oxygens (including phenoxy) is 2. The summed E-state index contributed by atoms with van der Waals surface area (Å²) in [5.41, 5.74) is 4.62. The van der Waals surface area contributed by atoms with E-state index < -0.39 is 0 Å². The number of anilines is 1. The largest absolute Gasteiger partial charge is 0.496 e. The molecule has 180 valence electrons. The van der Waals surface area contributed by atoms with Crippen molar-refractivity contribution in [2.75, 3.05) is 44.3 Å². The number of benzene rings is 2. The summed E-state index contributed by atoms with van der Waals surface area (Å²) >= 11 is 8.02. The van der Waals surface area contributed by atoms with Crippen LogP contribution in [0.2, 0.25) is 5.02 Å². The quantitative estimate of drug-likeness (QED) is 0.576. The van der Waals surface area contributed by atoms with Gasteiger partial charge in [-0.2, -0.15) is 0 Å². The molecular weight excluding hydrogens is 470 g/mol. The van der Waals surface area contributed by atoms with Crippen molar-refractivity contribution < 1.29 is 18.8 Å². The Bertz CT molecular complexity index is 1100. The number of allylic oxidation sites excluding steroid dienone is 1.